The molecule has 1 amide bonds. The van der Waals surface area contributed by atoms with E-state index in [1.165, 1.54) is 38.5 Å². The molecule has 3 heteroatoms. The summed E-state index contributed by atoms with van der Waals surface area (Å²) < 4.78 is 5.38. The van der Waals surface area contributed by atoms with Crippen LogP contribution in [0.2, 0.25) is 0 Å². The molecule has 0 bridgehead atoms. The molecule has 106 valence electrons. The number of carbonyl (C=O) groups excluding carboxylic acids is 1. The van der Waals surface area contributed by atoms with Crippen molar-refractivity contribution in [2.45, 2.75) is 58.8 Å². The van der Waals surface area contributed by atoms with Crippen LogP contribution in [0.15, 0.2) is 10.5 Å². The first-order chi connectivity index (χ1) is 9.16. The maximum Gasteiger partial charge on any atom is 0.254 e. The van der Waals surface area contributed by atoms with Crippen LogP contribution in [-0.2, 0) is 0 Å². The molecule has 0 radical (unpaired) electrons. The largest absolute Gasteiger partial charge is 0.466 e. The van der Waals surface area contributed by atoms with Crippen LogP contribution in [-0.4, -0.2) is 12.5 Å². The maximum absolute atomic E-state index is 12.0. The minimum Gasteiger partial charge on any atom is -0.466 e. The van der Waals surface area contributed by atoms with E-state index in [1.807, 2.05) is 19.9 Å². The van der Waals surface area contributed by atoms with Gasteiger partial charge in [0, 0.05) is 6.54 Å². The van der Waals surface area contributed by atoms with Crippen LogP contribution in [0.1, 0.15) is 66.8 Å². The van der Waals surface area contributed by atoms with E-state index in [2.05, 4.69) is 5.32 Å². The quantitative estimate of drug-likeness (QED) is 0.816. The van der Waals surface area contributed by atoms with Gasteiger partial charge in [0.15, 0.2) is 0 Å². The van der Waals surface area contributed by atoms with E-state index in [4.69, 9.17) is 4.42 Å². The molecule has 1 aromatic rings. The molecule has 1 heterocycles. The molecule has 0 saturated heterocycles. The summed E-state index contributed by atoms with van der Waals surface area (Å²) in [7, 11) is 0. The summed E-state index contributed by atoms with van der Waals surface area (Å²) in [5.41, 5.74) is 0.676. The third-order valence-electron chi connectivity index (χ3n) is 4.09. The smallest absolute Gasteiger partial charge is 0.254 e. The van der Waals surface area contributed by atoms with Crippen LogP contribution in [0.3, 0.4) is 0 Å². The molecular weight excluding hydrogens is 238 g/mol. The van der Waals surface area contributed by atoms with E-state index in [1.54, 1.807) is 0 Å². The zero-order valence-corrected chi connectivity index (χ0v) is 12.1. The predicted octanol–water partition coefficient (Wildman–Crippen LogP) is 3.99. The highest BCUT2D eigenvalue weighted by Crippen LogP contribution is 2.26. The van der Waals surface area contributed by atoms with Crippen LogP contribution < -0.4 is 5.32 Å². The van der Waals surface area contributed by atoms with E-state index in [0.29, 0.717) is 11.3 Å². The molecular formula is C16H25NO2. The number of furan rings is 1. The summed E-state index contributed by atoms with van der Waals surface area (Å²) >= 11 is 0. The van der Waals surface area contributed by atoms with E-state index in [-0.39, 0.29) is 5.91 Å². The molecule has 1 aromatic heterocycles. The lowest BCUT2D eigenvalue weighted by atomic mass is 9.86. The van der Waals surface area contributed by atoms with Crippen LogP contribution in [0, 0.1) is 19.8 Å². The summed E-state index contributed by atoms with van der Waals surface area (Å²) in [5.74, 6) is 2.40. The normalized spacial score (nSPS) is 16.5. The van der Waals surface area contributed by atoms with Crippen molar-refractivity contribution in [3.05, 3.63) is 23.2 Å². The van der Waals surface area contributed by atoms with Gasteiger partial charge < -0.3 is 9.73 Å². The first-order valence-corrected chi connectivity index (χ1v) is 7.52. The van der Waals surface area contributed by atoms with Crippen molar-refractivity contribution in [3.63, 3.8) is 0 Å². The van der Waals surface area contributed by atoms with Gasteiger partial charge in [0.05, 0.1) is 5.56 Å². The van der Waals surface area contributed by atoms with E-state index >= 15 is 0 Å². The van der Waals surface area contributed by atoms with Crippen molar-refractivity contribution in [1.29, 1.82) is 0 Å². The highest BCUT2D eigenvalue weighted by molar-refractivity contribution is 5.95. The van der Waals surface area contributed by atoms with Crippen molar-refractivity contribution >= 4 is 5.91 Å². The fourth-order valence-corrected chi connectivity index (χ4v) is 3.02. The molecule has 1 aliphatic carbocycles. The fourth-order valence-electron chi connectivity index (χ4n) is 3.02. The Kier molecular flexibility index (Phi) is 5.06. The SMILES string of the molecule is Cc1cc(C(=O)NCCCC2CCCCC2)c(C)o1. The van der Waals surface area contributed by atoms with Crippen molar-refractivity contribution in [1.82, 2.24) is 5.32 Å². The standard InChI is InChI=1S/C16H25NO2/c1-12-11-15(13(2)19-12)16(18)17-10-6-9-14-7-4-3-5-8-14/h11,14H,3-10H2,1-2H3,(H,17,18). The second-order valence-corrected chi connectivity index (χ2v) is 5.73. The third-order valence-corrected chi connectivity index (χ3v) is 4.09. The Morgan fingerprint density at radius 2 is 2.05 bits per heavy atom. The number of carbonyl (C=O) groups is 1. The van der Waals surface area contributed by atoms with Gasteiger partial charge >= 0.3 is 0 Å². The van der Waals surface area contributed by atoms with E-state index in [9.17, 15) is 4.79 Å². The molecule has 3 nitrogen and oxygen atoms in total. The molecule has 1 N–H and O–H groups in total. The Hall–Kier alpha value is -1.25. The topological polar surface area (TPSA) is 42.2 Å². The Labute approximate surface area is 115 Å². The lowest BCUT2D eigenvalue weighted by Gasteiger charge is -2.21. The fraction of sp³-hybridized carbons (Fsp3) is 0.688. The van der Waals surface area contributed by atoms with Crippen LogP contribution in [0.5, 0.6) is 0 Å². The number of aryl methyl sites for hydroxylation is 2. The number of hydrogen-bond acceptors (Lipinski definition) is 2. The average Bonchev–Trinajstić information content (AvgIpc) is 2.75. The molecule has 2 rings (SSSR count). The minimum atomic E-state index is -0.00186. The van der Waals surface area contributed by atoms with Crippen molar-refractivity contribution in [2.75, 3.05) is 6.54 Å². The molecule has 1 fully saturated rings. The van der Waals surface area contributed by atoms with Crippen LogP contribution in [0.25, 0.3) is 0 Å². The van der Waals surface area contributed by atoms with Crippen LogP contribution in [0.4, 0.5) is 0 Å². The molecule has 0 spiro atoms. The van der Waals surface area contributed by atoms with Gasteiger partial charge in [-0.2, -0.15) is 0 Å². The zero-order valence-electron chi connectivity index (χ0n) is 12.1. The number of amides is 1. The molecule has 0 unspecified atom stereocenters. The first kappa shape index (κ1) is 14.2. The summed E-state index contributed by atoms with van der Waals surface area (Å²) in [6.45, 7) is 4.48. The molecule has 0 atom stereocenters. The summed E-state index contributed by atoms with van der Waals surface area (Å²) in [6, 6.07) is 1.81. The lowest BCUT2D eigenvalue weighted by Crippen LogP contribution is -2.25. The number of rotatable bonds is 5. The first-order valence-electron chi connectivity index (χ1n) is 7.52. The highest BCUT2D eigenvalue weighted by Gasteiger charge is 2.14. The summed E-state index contributed by atoms with van der Waals surface area (Å²) in [6.07, 6.45) is 9.30. The van der Waals surface area contributed by atoms with Gasteiger partial charge in [-0.15, -0.1) is 0 Å². The predicted molar refractivity (Wildman–Crippen MR) is 76.3 cm³/mol. The zero-order chi connectivity index (χ0) is 13.7. The van der Waals surface area contributed by atoms with E-state index < -0.39 is 0 Å². The summed E-state index contributed by atoms with van der Waals surface area (Å²) in [5, 5.41) is 2.99. The third kappa shape index (κ3) is 4.12. The highest BCUT2D eigenvalue weighted by atomic mass is 16.3. The maximum atomic E-state index is 12.0. The average molecular weight is 263 g/mol. The molecule has 1 saturated carbocycles. The van der Waals surface area contributed by atoms with Gasteiger partial charge in [-0.05, 0) is 38.7 Å². The van der Waals surface area contributed by atoms with Gasteiger partial charge in [0.25, 0.3) is 5.91 Å². The molecule has 19 heavy (non-hydrogen) atoms. The van der Waals surface area contributed by atoms with E-state index in [0.717, 1.165) is 24.6 Å². The van der Waals surface area contributed by atoms with Gasteiger partial charge in [0.1, 0.15) is 11.5 Å². The van der Waals surface area contributed by atoms with Crippen molar-refractivity contribution in [3.8, 4) is 0 Å². The number of hydrogen-bond donors (Lipinski definition) is 1. The van der Waals surface area contributed by atoms with Gasteiger partial charge in [-0.3, -0.25) is 4.79 Å². The lowest BCUT2D eigenvalue weighted by molar-refractivity contribution is 0.0950. The Bertz CT molecular complexity index is 416. The molecule has 1 aliphatic rings. The Morgan fingerprint density at radius 3 is 2.68 bits per heavy atom. The van der Waals surface area contributed by atoms with Crippen molar-refractivity contribution < 1.29 is 9.21 Å². The second kappa shape index (κ2) is 6.78. The monoisotopic (exact) mass is 263 g/mol. The second-order valence-electron chi connectivity index (χ2n) is 5.73. The van der Waals surface area contributed by atoms with Gasteiger partial charge in [0.2, 0.25) is 0 Å². The molecule has 0 aliphatic heterocycles. The van der Waals surface area contributed by atoms with Gasteiger partial charge in [-0.25, -0.2) is 0 Å². The van der Waals surface area contributed by atoms with Crippen molar-refractivity contribution in [2.24, 2.45) is 5.92 Å². The molecule has 0 aromatic carbocycles. The minimum absolute atomic E-state index is 0.00186. The number of nitrogens with one attached hydrogen (secondary N) is 1. The van der Waals surface area contributed by atoms with Crippen LogP contribution >= 0.6 is 0 Å². The Morgan fingerprint density at radius 1 is 1.32 bits per heavy atom. The summed E-state index contributed by atoms with van der Waals surface area (Å²) in [4.78, 5) is 12.0. The van der Waals surface area contributed by atoms with Gasteiger partial charge in [-0.1, -0.05) is 32.1 Å². The Balaban J connectivity index is 1.67.